The first kappa shape index (κ1) is 16.4. The molecule has 24 heavy (non-hydrogen) atoms. The lowest BCUT2D eigenvalue weighted by atomic mass is 10.2. The lowest BCUT2D eigenvalue weighted by Gasteiger charge is -2.12. The average molecular weight is 342 g/mol. The maximum Gasteiger partial charge on any atom is 0.279 e. The number of rotatable bonds is 6. The molecule has 0 radical (unpaired) electrons. The van der Waals surface area contributed by atoms with Gasteiger partial charge in [0.15, 0.2) is 6.54 Å². The molecule has 1 atom stereocenters. The summed E-state index contributed by atoms with van der Waals surface area (Å²) in [5.41, 5.74) is 2.84. The predicted molar refractivity (Wildman–Crippen MR) is 95.1 cm³/mol. The van der Waals surface area contributed by atoms with Crippen molar-refractivity contribution in [2.45, 2.75) is 13.5 Å². The van der Waals surface area contributed by atoms with E-state index >= 15 is 0 Å². The molecule has 3 rings (SSSR count). The van der Waals surface area contributed by atoms with Crippen molar-refractivity contribution < 1.29 is 14.1 Å². The molecule has 0 spiro atoms. The molecule has 2 aromatic heterocycles. The van der Waals surface area contributed by atoms with Gasteiger partial charge in [0.25, 0.3) is 5.91 Å². The van der Waals surface area contributed by atoms with E-state index in [-0.39, 0.29) is 5.91 Å². The molecule has 0 aliphatic rings. The minimum Gasteiger partial charge on any atom is -0.443 e. The molecular formula is C18H20N3O2S+. The minimum atomic E-state index is -0.0154. The Bertz CT molecular complexity index is 794. The lowest BCUT2D eigenvalue weighted by molar-refractivity contribution is -0.885. The molecule has 0 saturated carbocycles. The van der Waals surface area contributed by atoms with Crippen molar-refractivity contribution in [2.75, 3.05) is 18.9 Å². The van der Waals surface area contributed by atoms with Crippen LogP contribution in [0.1, 0.15) is 11.3 Å². The Labute approximate surface area is 144 Å². The molecule has 0 saturated heterocycles. The summed E-state index contributed by atoms with van der Waals surface area (Å²) < 4.78 is 5.51. The Morgan fingerprint density at radius 1 is 1.29 bits per heavy atom. The van der Waals surface area contributed by atoms with Crippen LogP contribution in [0.4, 0.5) is 5.69 Å². The zero-order valence-electron chi connectivity index (χ0n) is 13.7. The SMILES string of the molecule is Cc1ccc(NC(=O)C[NH+](C)Cc2coc(-c3cccs3)n2)cc1. The van der Waals surface area contributed by atoms with E-state index in [4.69, 9.17) is 4.42 Å². The summed E-state index contributed by atoms with van der Waals surface area (Å²) in [4.78, 5) is 18.7. The largest absolute Gasteiger partial charge is 0.443 e. The number of carbonyl (C=O) groups is 1. The highest BCUT2D eigenvalue weighted by Crippen LogP contribution is 2.23. The summed E-state index contributed by atoms with van der Waals surface area (Å²) in [6, 6.07) is 11.7. The number of thiophene rings is 1. The second-order valence-electron chi connectivity index (χ2n) is 5.85. The zero-order chi connectivity index (χ0) is 16.9. The number of benzene rings is 1. The highest BCUT2D eigenvalue weighted by Gasteiger charge is 2.14. The normalized spacial score (nSPS) is 12.1. The third kappa shape index (κ3) is 4.31. The van der Waals surface area contributed by atoms with E-state index < -0.39 is 0 Å². The van der Waals surface area contributed by atoms with Crippen molar-refractivity contribution >= 4 is 22.9 Å². The monoisotopic (exact) mass is 342 g/mol. The molecule has 1 unspecified atom stereocenters. The molecule has 2 N–H and O–H groups in total. The van der Waals surface area contributed by atoms with E-state index in [0.29, 0.717) is 19.0 Å². The van der Waals surface area contributed by atoms with Crippen molar-refractivity contribution in [3.8, 4) is 10.8 Å². The molecular weight excluding hydrogens is 322 g/mol. The van der Waals surface area contributed by atoms with Crippen LogP contribution in [-0.2, 0) is 11.3 Å². The number of oxazole rings is 1. The lowest BCUT2D eigenvalue weighted by Crippen LogP contribution is -3.08. The van der Waals surface area contributed by atoms with Crippen LogP contribution in [-0.4, -0.2) is 24.5 Å². The second kappa shape index (κ2) is 7.42. The molecule has 1 amide bonds. The summed E-state index contributed by atoms with van der Waals surface area (Å²) in [5, 5.41) is 4.90. The topological polar surface area (TPSA) is 59.6 Å². The molecule has 1 aromatic carbocycles. The number of hydrogen-bond donors (Lipinski definition) is 2. The van der Waals surface area contributed by atoms with Gasteiger partial charge in [-0.15, -0.1) is 11.3 Å². The Hall–Kier alpha value is -2.44. The van der Waals surface area contributed by atoms with E-state index in [1.165, 1.54) is 5.56 Å². The number of hydrogen-bond acceptors (Lipinski definition) is 4. The first-order chi connectivity index (χ1) is 11.6. The van der Waals surface area contributed by atoms with Gasteiger partial charge in [0.05, 0.1) is 11.9 Å². The summed E-state index contributed by atoms with van der Waals surface area (Å²) in [7, 11) is 1.97. The summed E-state index contributed by atoms with van der Waals surface area (Å²) in [6.45, 7) is 3.02. The number of aromatic nitrogens is 1. The molecule has 0 aliphatic heterocycles. The number of nitrogens with one attached hydrogen (secondary N) is 2. The summed E-state index contributed by atoms with van der Waals surface area (Å²) >= 11 is 1.59. The van der Waals surface area contributed by atoms with Crippen LogP contribution in [0.3, 0.4) is 0 Å². The highest BCUT2D eigenvalue weighted by atomic mass is 32.1. The number of carbonyl (C=O) groups excluding carboxylic acids is 1. The Balaban J connectivity index is 1.52. The van der Waals surface area contributed by atoms with Gasteiger partial charge in [-0.05, 0) is 30.5 Å². The van der Waals surface area contributed by atoms with Gasteiger partial charge in [-0.2, -0.15) is 0 Å². The minimum absolute atomic E-state index is 0.0154. The molecule has 2 heterocycles. The van der Waals surface area contributed by atoms with E-state index in [2.05, 4.69) is 10.3 Å². The first-order valence-corrected chi connectivity index (χ1v) is 8.64. The van der Waals surface area contributed by atoms with Crippen LogP contribution in [0.15, 0.2) is 52.5 Å². The van der Waals surface area contributed by atoms with Gasteiger partial charge in [0.2, 0.25) is 5.89 Å². The van der Waals surface area contributed by atoms with Crippen molar-refractivity contribution in [3.63, 3.8) is 0 Å². The molecule has 0 fully saturated rings. The van der Waals surface area contributed by atoms with Gasteiger partial charge >= 0.3 is 0 Å². The molecule has 5 nitrogen and oxygen atoms in total. The van der Waals surface area contributed by atoms with Crippen molar-refractivity contribution in [1.82, 2.24) is 4.98 Å². The fourth-order valence-electron chi connectivity index (χ4n) is 2.39. The van der Waals surface area contributed by atoms with Gasteiger partial charge in [0, 0.05) is 5.69 Å². The predicted octanol–water partition coefficient (Wildman–Crippen LogP) is 2.36. The third-order valence-corrected chi connectivity index (χ3v) is 4.42. The van der Waals surface area contributed by atoms with Gasteiger partial charge < -0.3 is 14.6 Å². The quantitative estimate of drug-likeness (QED) is 0.723. The van der Waals surface area contributed by atoms with Crippen molar-refractivity contribution in [3.05, 3.63) is 59.3 Å². The fraction of sp³-hybridized carbons (Fsp3) is 0.222. The van der Waals surface area contributed by atoms with Crippen LogP contribution >= 0.6 is 11.3 Å². The zero-order valence-corrected chi connectivity index (χ0v) is 14.5. The summed E-state index contributed by atoms with van der Waals surface area (Å²) in [6.07, 6.45) is 1.66. The number of amides is 1. The van der Waals surface area contributed by atoms with Crippen LogP contribution in [0.5, 0.6) is 0 Å². The molecule has 124 valence electrons. The molecule has 3 aromatic rings. The van der Waals surface area contributed by atoms with E-state index in [1.54, 1.807) is 17.6 Å². The Kier molecular flexibility index (Phi) is 5.08. The van der Waals surface area contributed by atoms with Crippen LogP contribution < -0.4 is 10.2 Å². The number of quaternary nitrogens is 1. The van der Waals surface area contributed by atoms with Crippen LogP contribution in [0, 0.1) is 6.92 Å². The van der Waals surface area contributed by atoms with Gasteiger partial charge in [-0.3, -0.25) is 4.79 Å². The standard InChI is InChI=1S/C18H19N3O2S/c1-13-5-7-14(8-6-13)19-17(22)11-21(2)10-15-12-23-18(20-15)16-4-3-9-24-16/h3-9,12H,10-11H2,1-2H3,(H,19,22)/p+1. The smallest absolute Gasteiger partial charge is 0.279 e. The number of anilines is 1. The molecule has 0 bridgehead atoms. The number of nitrogens with zero attached hydrogens (tertiary/aromatic N) is 1. The number of likely N-dealkylation sites (N-methyl/N-ethyl adjacent to an activating group) is 1. The summed E-state index contributed by atoms with van der Waals surface area (Å²) in [5.74, 6) is 0.621. The molecule has 0 aliphatic carbocycles. The van der Waals surface area contributed by atoms with Crippen molar-refractivity contribution in [1.29, 1.82) is 0 Å². The van der Waals surface area contributed by atoms with Gasteiger partial charge in [0.1, 0.15) is 18.5 Å². The maximum atomic E-state index is 12.1. The maximum absolute atomic E-state index is 12.1. The third-order valence-electron chi connectivity index (χ3n) is 3.56. The first-order valence-electron chi connectivity index (χ1n) is 7.76. The number of aryl methyl sites for hydroxylation is 1. The van der Waals surface area contributed by atoms with E-state index in [0.717, 1.165) is 21.2 Å². The van der Waals surface area contributed by atoms with Crippen LogP contribution in [0.2, 0.25) is 0 Å². The van der Waals surface area contributed by atoms with E-state index in [9.17, 15) is 4.79 Å². The van der Waals surface area contributed by atoms with Gasteiger partial charge in [-0.25, -0.2) is 4.98 Å². The van der Waals surface area contributed by atoms with Crippen LogP contribution in [0.25, 0.3) is 10.8 Å². The molecule has 6 heteroatoms. The Morgan fingerprint density at radius 2 is 2.08 bits per heavy atom. The second-order valence-corrected chi connectivity index (χ2v) is 6.79. The Morgan fingerprint density at radius 3 is 2.79 bits per heavy atom. The fourth-order valence-corrected chi connectivity index (χ4v) is 3.04. The highest BCUT2D eigenvalue weighted by molar-refractivity contribution is 7.13. The van der Waals surface area contributed by atoms with Gasteiger partial charge in [-0.1, -0.05) is 23.8 Å². The van der Waals surface area contributed by atoms with E-state index in [1.807, 2.05) is 55.7 Å². The van der Waals surface area contributed by atoms with Crippen molar-refractivity contribution in [2.24, 2.45) is 0 Å². The average Bonchev–Trinajstić information content (AvgIpc) is 3.20.